The first-order valence-corrected chi connectivity index (χ1v) is 8.24. The number of nitrogens with zero attached hydrogens (tertiary/aromatic N) is 5. The fourth-order valence-corrected chi connectivity index (χ4v) is 3.59. The Kier molecular flexibility index (Phi) is 3.76. The zero-order chi connectivity index (χ0) is 16.5. The summed E-state index contributed by atoms with van der Waals surface area (Å²) < 4.78 is 0. The molecule has 0 aliphatic carbocycles. The van der Waals surface area contributed by atoms with Crippen LogP contribution in [0.2, 0.25) is 0 Å². The van der Waals surface area contributed by atoms with Gasteiger partial charge in [-0.25, -0.2) is 4.98 Å². The Labute approximate surface area is 140 Å². The number of fused-ring (bicyclic) bond motifs is 4. The number of hydrogen-bond acceptors (Lipinski definition) is 6. The molecular formula is C17H20N6O. The second-order valence-corrected chi connectivity index (χ2v) is 6.40. The largest absolute Gasteiger partial charge is 0.384 e. The van der Waals surface area contributed by atoms with E-state index in [1.54, 1.807) is 18.5 Å². The molecule has 24 heavy (non-hydrogen) atoms. The average Bonchev–Trinajstić information content (AvgIpc) is 2.89. The molecule has 2 aromatic heterocycles. The molecular weight excluding hydrogens is 304 g/mol. The maximum Gasteiger partial charge on any atom is 0.228 e. The molecule has 7 heteroatoms. The molecule has 3 saturated heterocycles. The molecule has 2 bridgehead atoms. The van der Waals surface area contributed by atoms with Crippen LogP contribution >= 0.6 is 0 Å². The van der Waals surface area contributed by atoms with E-state index >= 15 is 0 Å². The first-order chi connectivity index (χ1) is 11.7. The van der Waals surface area contributed by atoms with Crippen LogP contribution in [0.4, 0.5) is 11.8 Å². The predicted octanol–water partition coefficient (Wildman–Crippen LogP) is 1.08. The lowest BCUT2D eigenvalue weighted by atomic mass is 9.94. The number of carbonyl (C=O) groups is 1. The van der Waals surface area contributed by atoms with Crippen LogP contribution in [0.15, 0.2) is 36.7 Å². The summed E-state index contributed by atoms with van der Waals surface area (Å²) in [5.41, 5.74) is 6.70. The predicted molar refractivity (Wildman–Crippen MR) is 90.0 cm³/mol. The highest BCUT2D eigenvalue weighted by atomic mass is 16.2. The lowest BCUT2D eigenvalue weighted by Gasteiger charge is -2.35. The zero-order valence-corrected chi connectivity index (χ0v) is 13.4. The van der Waals surface area contributed by atoms with Crippen LogP contribution in [0, 0.1) is 5.92 Å². The first-order valence-electron chi connectivity index (χ1n) is 8.24. The van der Waals surface area contributed by atoms with E-state index < -0.39 is 0 Å². The number of amides is 1. The fraction of sp³-hybridized carbons (Fsp3) is 0.412. The molecule has 7 nitrogen and oxygen atoms in total. The van der Waals surface area contributed by atoms with Gasteiger partial charge in [-0.1, -0.05) is 6.07 Å². The molecule has 0 spiro atoms. The summed E-state index contributed by atoms with van der Waals surface area (Å²) in [7, 11) is 0. The van der Waals surface area contributed by atoms with Gasteiger partial charge in [0.2, 0.25) is 11.9 Å². The minimum absolute atomic E-state index is 0.0162. The lowest BCUT2D eigenvalue weighted by Crippen LogP contribution is -2.47. The van der Waals surface area contributed by atoms with Gasteiger partial charge in [0, 0.05) is 31.5 Å². The zero-order valence-electron chi connectivity index (χ0n) is 13.4. The van der Waals surface area contributed by atoms with Gasteiger partial charge in [-0.2, -0.15) is 4.98 Å². The quantitative estimate of drug-likeness (QED) is 0.909. The highest BCUT2D eigenvalue weighted by molar-refractivity contribution is 5.81. The number of pyridine rings is 1. The van der Waals surface area contributed by atoms with Gasteiger partial charge in [0.1, 0.15) is 5.82 Å². The average molecular weight is 324 g/mol. The Morgan fingerprint density at radius 2 is 2.04 bits per heavy atom. The molecule has 124 valence electrons. The van der Waals surface area contributed by atoms with Gasteiger partial charge in [-0.05, 0) is 31.0 Å². The van der Waals surface area contributed by atoms with E-state index in [9.17, 15) is 4.79 Å². The number of nitrogen functional groups attached to an aromatic ring is 1. The lowest BCUT2D eigenvalue weighted by molar-refractivity contribution is -0.140. The van der Waals surface area contributed by atoms with Crippen molar-refractivity contribution >= 4 is 17.7 Å². The number of rotatable bonds is 3. The summed E-state index contributed by atoms with van der Waals surface area (Å²) in [4.78, 5) is 29.9. The molecule has 3 aliphatic heterocycles. The molecule has 2 atom stereocenters. The van der Waals surface area contributed by atoms with Crippen LogP contribution in [0.5, 0.6) is 0 Å². The van der Waals surface area contributed by atoms with Crippen molar-refractivity contribution in [2.24, 2.45) is 5.92 Å². The number of hydrogen-bond donors (Lipinski definition) is 1. The highest BCUT2D eigenvalue weighted by Gasteiger charge is 2.41. The van der Waals surface area contributed by atoms with Crippen LogP contribution in [-0.2, 0) is 11.3 Å². The van der Waals surface area contributed by atoms with Gasteiger partial charge in [-0.15, -0.1) is 0 Å². The summed E-state index contributed by atoms with van der Waals surface area (Å²) in [5.74, 6) is 1.26. The summed E-state index contributed by atoms with van der Waals surface area (Å²) in [6.45, 7) is 1.95. The Balaban J connectivity index is 1.58. The topological polar surface area (TPSA) is 88.2 Å². The molecule has 0 unspecified atom stereocenters. The molecule has 5 rings (SSSR count). The van der Waals surface area contributed by atoms with Crippen molar-refractivity contribution in [1.82, 2.24) is 19.9 Å². The molecule has 5 heterocycles. The van der Waals surface area contributed by atoms with Crippen molar-refractivity contribution < 1.29 is 4.79 Å². The summed E-state index contributed by atoms with van der Waals surface area (Å²) >= 11 is 0. The van der Waals surface area contributed by atoms with E-state index in [0.717, 1.165) is 25.1 Å². The van der Waals surface area contributed by atoms with Crippen molar-refractivity contribution in [3.05, 3.63) is 42.4 Å². The van der Waals surface area contributed by atoms with Crippen LogP contribution in [0.1, 0.15) is 18.5 Å². The van der Waals surface area contributed by atoms with Gasteiger partial charge in [-0.3, -0.25) is 9.78 Å². The molecule has 0 radical (unpaired) electrons. The Hall–Kier alpha value is -2.70. The molecule has 3 fully saturated rings. The Bertz CT molecular complexity index is 737. The molecule has 2 aromatic rings. The van der Waals surface area contributed by atoms with E-state index in [2.05, 4.69) is 19.9 Å². The molecule has 3 aliphatic rings. The Morgan fingerprint density at radius 3 is 2.83 bits per heavy atom. The second kappa shape index (κ2) is 6.07. The number of carbonyl (C=O) groups excluding carboxylic acids is 1. The summed E-state index contributed by atoms with van der Waals surface area (Å²) in [6.07, 6.45) is 5.35. The monoisotopic (exact) mass is 324 g/mol. The Morgan fingerprint density at radius 1 is 1.12 bits per heavy atom. The van der Waals surface area contributed by atoms with Crippen LogP contribution < -0.4 is 10.6 Å². The third kappa shape index (κ3) is 2.77. The van der Waals surface area contributed by atoms with Crippen molar-refractivity contribution in [1.29, 1.82) is 0 Å². The minimum atomic E-state index is -0.0162. The van der Waals surface area contributed by atoms with E-state index in [-0.39, 0.29) is 17.9 Å². The van der Waals surface area contributed by atoms with Gasteiger partial charge >= 0.3 is 0 Å². The van der Waals surface area contributed by atoms with Crippen molar-refractivity contribution in [2.45, 2.75) is 25.4 Å². The number of nitrogens with two attached hydrogens (primary N) is 1. The van der Waals surface area contributed by atoms with Crippen molar-refractivity contribution in [3.8, 4) is 0 Å². The fourth-order valence-electron chi connectivity index (χ4n) is 3.59. The van der Waals surface area contributed by atoms with Crippen LogP contribution in [0.25, 0.3) is 0 Å². The normalized spacial score (nSPS) is 23.4. The molecule has 0 saturated carbocycles. The van der Waals surface area contributed by atoms with Crippen molar-refractivity contribution in [3.63, 3.8) is 0 Å². The smallest absolute Gasteiger partial charge is 0.228 e. The second-order valence-electron chi connectivity index (χ2n) is 6.40. The van der Waals surface area contributed by atoms with Crippen molar-refractivity contribution in [2.75, 3.05) is 23.7 Å². The standard InChI is InChI=1S/C17H20N6O/c18-15-6-8-20-17(21-15)22-9-12-4-5-14(11-22)23(16(12)24)10-13-3-1-2-7-19-13/h1-3,6-8,12,14H,4-5,9-11H2,(H2,18,20,21)/t12-,14+/m0/s1. The van der Waals surface area contributed by atoms with E-state index in [0.29, 0.717) is 24.9 Å². The highest BCUT2D eigenvalue weighted by Crippen LogP contribution is 2.31. The van der Waals surface area contributed by atoms with E-state index in [4.69, 9.17) is 5.73 Å². The minimum Gasteiger partial charge on any atom is -0.384 e. The third-order valence-corrected chi connectivity index (χ3v) is 4.80. The van der Waals surface area contributed by atoms with Crippen LogP contribution in [-0.4, -0.2) is 44.9 Å². The van der Waals surface area contributed by atoms with Gasteiger partial charge in [0.15, 0.2) is 0 Å². The number of anilines is 2. The number of piperidine rings is 1. The van der Waals surface area contributed by atoms with Crippen LogP contribution in [0.3, 0.4) is 0 Å². The van der Waals surface area contributed by atoms with E-state index in [1.807, 2.05) is 23.1 Å². The third-order valence-electron chi connectivity index (χ3n) is 4.80. The summed E-state index contributed by atoms with van der Waals surface area (Å²) in [6, 6.07) is 7.64. The number of aromatic nitrogens is 3. The maximum atomic E-state index is 12.9. The van der Waals surface area contributed by atoms with Gasteiger partial charge in [0.25, 0.3) is 0 Å². The van der Waals surface area contributed by atoms with Gasteiger partial charge in [0.05, 0.1) is 18.2 Å². The summed E-state index contributed by atoms with van der Waals surface area (Å²) in [5, 5.41) is 0. The molecule has 0 aromatic carbocycles. The molecule has 2 N–H and O–H groups in total. The first kappa shape index (κ1) is 14.9. The van der Waals surface area contributed by atoms with E-state index in [1.165, 1.54) is 0 Å². The van der Waals surface area contributed by atoms with Gasteiger partial charge < -0.3 is 15.5 Å². The molecule has 1 amide bonds. The SMILES string of the molecule is Nc1ccnc(N2C[C@@H]3CC[C@H](C2)N(Cc2ccccn2)C3=O)n1. The maximum absolute atomic E-state index is 12.9.